The molecule has 0 aliphatic rings. The number of nitro groups is 1. The van der Waals surface area contributed by atoms with E-state index in [9.17, 15) is 20.6 Å². The van der Waals surface area contributed by atoms with Gasteiger partial charge in [0.15, 0.2) is 22.8 Å². The van der Waals surface area contributed by atoms with Gasteiger partial charge in [0.2, 0.25) is 0 Å². The number of fused-ring (bicyclic) bond motifs is 1. The van der Waals surface area contributed by atoms with Crippen LogP contribution in [-0.2, 0) is 0 Å². The fourth-order valence-corrected chi connectivity index (χ4v) is 3.42. The average Bonchev–Trinajstić information content (AvgIpc) is 3.25. The van der Waals surface area contributed by atoms with Crippen molar-refractivity contribution in [3.8, 4) is 29.4 Å². The number of nitro benzene ring substituents is 1. The Balaban J connectivity index is 1.69. The Bertz CT molecular complexity index is 1540. The number of aryl methyl sites for hydroxylation is 1. The summed E-state index contributed by atoms with van der Waals surface area (Å²) < 4.78 is 11.2. The van der Waals surface area contributed by atoms with Crippen molar-refractivity contribution in [2.75, 3.05) is 7.11 Å². The topological polar surface area (TPSA) is 138 Å². The first-order valence-electron chi connectivity index (χ1n) is 10.1. The van der Waals surface area contributed by atoms with Crippen LogP contribution in [0.15, 0.2) is 54.6 Å². The highest BCUT2D eigenvalue weighted by Gasteiger charge is 2.20. The summed E-state index contributed by atoms with van der Waals surface area (Å²) in [5.74, 6) is 1.06. The lowest BCUT2D eigenvalue weighted by Gasteiger charge is -2.12. The van der Waals surface area contributed by atoms with Crippen molar-refractivity contribution in [3.05, 3.63) is 87.2 Å². The van der Waals surface area contributed by atoms with Crippen LogP contribution >= 0.6 is 0 Å². The second-order valence-electron chi connectivity index (χ2n) is 7.31. The third kappa shape index (κ3) is 4.27. The summed E-state index contributed by atoms with van der Waals surface area (Å²) >= 11 is 0. The molecule has 0 unspecified atom stereocenters. The minimum Gasteiger partial charge on any atom is -0.493 e. The molecule has 0 amide bonds. The van der Waals surface area contributed by atoms with E-state index in [1.807, 2.05) is 31.2 Å². The lowest BCUT2D eigenvalue weighted by Crippen LogP contribution is -1.97. The third-order valence-electron chi connectivity index (χ3n) is 5.04. The van der Waals surface area contributed by atoms with Gasteiger partial charge < -0.3 is 14.5 Å². The second-order valence-corrected chi connectivity index (χ2v) is 7.31. The van der Waals surface area contributed by atoms with Gasteiger partial charge >= 0.3 is 0 Å². The number of imidazole rings is 1. The van der Waals surface area contributed by atoms with Crippen molar-refractivity contribution < 1.29 is 14.4 Å². The minimum atomic E-state index is -0.640. The number of ether oxygens (including phenoxy) is 2. The molecule has 1 aromatic heterocycles. The normalized spacial score (nSPS) is 11.0. The molecule has 3 aromatic carbocycles. The highest BCUT2D eigenvalue weighted by atomic mass is 16.6. The van der Waals surface area contributed by atoms with Gasteiger partial charge in [-0.05, 0) is 54.5 Å². The summed E-state index contributed by atoms with van der Waals surface area (Å²) in [7, 11) is 1.45. The van der Waals surface area contributed by atoms with E-state index in [-0.39, 0.29) is 22.7 Å². The number of nitrogens with one attached hydrogen (secondary N) is 1. The summed E-state index contributed by atoms with van der Waals surface area (Å²) in [6, 6.07) is 18.9. The quantitative estimate of drug-likeness (QED) is 0.231. The van der Waals surface area contributed by atoms with Crippen LogP contribution in [0.25, 0.3) is 22.7 Å². The number of aromatic amines is 1. The van der Waals surface area contributed by atoms with Crippen LogP contribution in [0.3, 0.4) is 0 Å². The zero-order chi connectivity index (χ0) is 24.2. The molecule has 166 valence electrons. The monoisotopic (exact) mass is 451 g/mol. The molecule has 4 rings (SSSR count). The standard InChI is InChI=1S/C25H17N5O4/c1-15-6-8-19-20(10-15)29-25(28-19)17(13-26)11-16-7-9-23(24(12-16)33-2)34-22-5-3-4-21(30(31)32)18(22)14-27/h3-12H,1-2H3,(H,28,29). The van der Waals surface area contributed by atoms with Gasteiger partial charge in [-0.1, -0.05) is 18.2 Å². The molecule has 1 N–H and O–H groups in total. The molecule has 34 heavy (non-hydrogen) atoms. The van der Waals surface area contributed by atoms with Gasteiger partial charge in [0.05, 0.1) is 28.6 Å². The lowest BCUT2D eigenvalue weighted by atomic mass is 10.1. The Morgan fingerprint density at radius 3 is 2.65 bits per heavy atom. The van der Waals surface area contributed by atoms with Crippen LogP contribution in [0, 0.1) is 39.7 Å². The molecule has 1 heterocycles. The van der Waals surface area contributed by atoms with Gasteiger partial charge in [0.25, 0.3) is 5.69 Å². The Morgan fingerprint density at radius 2 is 1.94 bits per heavy atom. The van der Waals surface area contributed by atoms with Crippen molar-refractivity contribution in [2.24, 2.45) is 0 Å². The van der Waals surface area contributed by atoms with E-state index >= 15 is 0 Å². The molecule has 0 aliphatic carbocycles. The van der Waals surface area contributed by atoms with Crippen LogP contribution < -0.4 is 9.47 Å². The molecular formula is C25H17N5O4. The summed E-state index contributed by atoms with van der Waals surface area (Å²) in [4.78, 5) is 18.2. The van der Waals surface area contributed by atoms with Gasteiger partial charge in [-0.3, -0.25) is 10.1 Å². The van der Waals surface area contributed by atoms with E-state index < -0.39 is 4.92 Å². The number of nitriles is 2. The van der Waals surface area contributed by atoms with Crippen LogP contribution in [-0.4, -0.2) is 22.0 Å². The Kier molecular flexibility index (Phi) is 5.93. The van der Waals surface area contributed by atoms with E-state index in [1.54, 1.807) is 24.3 Å². The van der Waals surface area contributed by atoms with E-state index in [4.69, 9.17) is 9.47 Å². The second kappa shape index (κ2) is 9.15. The van der Waals surface area contributed by atoms with Crippen LogP contribution in [0.2, 0.25) is 0 Å². The molecule has 0 bridgehead atoms. The molecule has 9 nitrogen and oxygen atoms in total. The van der Waals surface area contributed by atoms with Crippen LogP contribution in [0.4, 0.5) is 5.69 Å². The van der Waals surface area contributed by atoms with E-state index in [2.05, 4.69) is 16.0 Å². The maximum absolute atomic E-state index is 11.2. The molecule has 0 fully saturated rings. The highest BCUT2D eigenvalue weighted by Crippen LogP contribution is 2.37. The number of rotatable bonds is 6. The van der Waals surface area contributed by atoms with Crippen LogP contribution in [0.5, 0.6) is 17.2 Å². The number of H-pyrrole nitrogens is 1. The maximum atomic E-state index is 11.2. The third-order valence-corrected chi connectivity index (χ3v) is 5.04. The smallest absolute Gasteiger partial charge is 0.290 e. The largest absolute Gasteiger partial charge is 0.493 e. The first kappa shape index (κ1) is 22.1. The Morgan fingerprint density at radius 1 is 1.12 bits per heavy atom. The predicted molar refractivity (Wildman–Crippen MR) is 125 cm³/mol. The Labute approximate surface area is 194 Å². The van der Waals surface area contributed by atoms with Gasteiger partial charge in [-0.2, -0.15) is 10.5 Å². The molecule has 0 atom stereocenters. The summed E-state index contributed by atoms with van der Waals surface area (Å²) in [6.07, 6.45) is 1.66. The fraction of sp³-hybridized carbons (Fsp3) is 0.0800. The van der Waals surface area contributed by atoms with E-state index in [1.165, 1.54) is 25.3 Å². The number of hydrogen-bond donors (Lipinski definition) is 1. The number of nitrogens with zero attached hydrogens (tertiary/aromatic N) is 4. The summed E-state index contributed by atoms with van der Waals surface area (Å²) in [5, 5.41) is 30.3. The molecule has 0 radical (unpaired) electrons. The molecule has 0 saturated heterocycles. The average molecular weight is 451 g/mol. The number of aromatic nitrogens is 2. The molecule has 9 heteroatoms. The van der Waals surface area contributed by atoms with Crippen molar-refractivity contribution in [1.29, 1.82) is 10.5 Å². The molecule has 0 aliphatic heterocycles. The van der Waals surface area contributed by atoms with Gasteiger partial charge in [-0.25, -0.2) is 4.98 Å². The first-order chi connectivity index (χ1) is 16.4. The maximum Gasteiger partial charge on any atom is 0.290 e. The molecular weight excluding hydrogens is 434 g/mol. The zero-order valence-electron chi connectivity index (χ0n) is 18.2. The summed E-state index contributed by atoms with van der Waals surface area (Å²) in [5.41, 5.74) is 3.11. The van der Waals surface area contributed by atoms with E-state index in [0.29, 0.717) is 22.7 Å². The minimum absolute atomic E-state index is 0.0357. The van der Waals surface area contributed by atoms with E-state index in [0.717, 1.165) is 16.6 Å². The number of hydrogen-bond acceptors (Lipinski definition) is 7. The Hall–Kier alpha value is -5.15. The zero-order valence-corrected chi connectivity index (χ0v) is 18.2. The van der Waals surface area contributed by atoms with Gasteiger partial charge in [0.1, 0.15) is 18.0 Å². The number of methoxy groups -OCH3 is 1. The van der Waals surface area contributed by atoms with Crippen LogP contribution in [0.1, 0.15) is 22.5 Å². The molecule has 0 spiro atoms. The number of benzene rings is 3. The number of allylic oxidation sites excluding steroid dienone is 1. The first-order valence-corrected chi connectivity index (χ1v) is 10.1. The molecule has 4 aromatic rings. The van der Waals surface area contributed by atoms with Crippen molar-refractivity contribution in [2.45, 2.75) is 6.92 Å². The lowest BCUT2D eigenvalue weighted by molar-refractivity contribution is -0.385. The predicted octanol–water partition coefficient (Wildman–Crippen LogP) is 5.52. The summed E-state index contributed by atoms with van der Waals surface area (Å²) in [6.45, 7) is 1.98. The van der Waals surface area contributed by atoms with Gasteiger partial charge in [-0.15, -0.1) is 0 Å². The fourth-order valence-electron chi connectivity index (χ4n) is 3.42. The molecule has 0 saturated carbocycles. The SMILES string of the molecule is COc1cc(C=C(C#N)c2nc3ccc(C)cc3[nH]2)ccc1Oc1cccc([N+](=O)[O-])c1C#N. The van der Waals surface area contributed by atoms with Crippen molar-refractivity contribution in [3.63, 3.8) is 0 Å². The van der Waals surface area contributed by atoms with Crippen molar-refractivity contribution in [1.82, 2.24) is 9.97 Å². The van der Waals surface area contributed by atoms with Crippen molar-refractivity contribution >= 4 is 28.4 Å². The van der Waals surface area contributed by atoms with Gasteiger partial charge in [0, 0.05) is 6.07 Å². The highest BCUT2D eigenvalue weighted by molar-refractivity contribution is 5.90.